The topological polar surface area (TPSA) is 85.2 Å². The second kappa shape index (κ2) is 5.13. The number of nitrogens with one attached hydrogen (secondary N) is 1. The summed E-state index contributed by atoms with van der Waals surface area (Å²) >= 11 is 0. The number of hydrogen-bond acceptors (Lipinski definition) is 5. The van der Waals surface area contributed by atoms with E-state index >= 15 is 0 Å². The van der Waals surface area contributed by atoms with Gasteiger partial charge in [0.2, 0.25) is 5.91 Å². The molecule has 1 aliphatic heterocycles. The molecule has 0 aliphatic carbocycles. The molecule has 0 spiro atoms. The number of rotatable bonds is 2. The van der Waals surface area contributed by atoms with E-state index in [1.807, 2.05) is 0 Å². The lowest BCUT2D eigenvalue weighted by Gasteiger charge is -2.23. The molecule has 0 bridgehead atoms. The highest BCUT2D eigenvalue weighted by Crippen LogP contribution is 2.17. The lowest BCUT2D eigenvalue weighted by molar-refractivity contribution is -0.123. The van der Waals surface area contributed by atoms with Crippen molar-refractivity contribution in [3.05, 3.63) is 0 Å². The fourth-order valence-corrected chi connectivity index (χ4v) is 1.80. The van der Waals surface area contributed by atoms with Crippen molar-refractivity contribution in [2.45, 2.75) is 32.6 Å². The first kappa shape index (κ1) is 12.0. The normalized spacial score (nSPS) is 22.9. The Labute approximate surface area is 89.1 Å². The van der Waals surface area contributed by atoms with Gasteiger partial charge in [0.25, 0.3) is 0 Å². The Morgan fingerprint density at radius 2 is 2.33 bits per heavy atom. The van der Waals surface area contributed by atoms with E-state index in [0.717, 1.165) is 12.8 Å². The molecule has 0 aromatic heterocycles. The van der Waals surface area contributed by atoms with Crippen molar-refractivity contribution in [1.82, 2.24) is 10.1 Å². The first-order chi connectivity index (χ1) is 7.06. The molecule has 0 saturated carbocycles. The summed E-state index contributed by atoms with van der Waals surface area (Å²) in [4.78, 5) is 13.4. The summed E-state index contributed by atoms with van der Waals surface area (Å²) in [7, 11) is -0.630. The van der Waals surface area contributed by atoms with Crippen LogP contribution in [-0.4, -0.2) is 46.4 Å². The van der Waals surface area contributed by atoms with E-state index in [-0.39, 0.29) is 17.8 Å². The van der Waals surface area contributed by atoms with Gasteiger partial charge >= 0.3 is 7.05 Å². The molecule has 1 amide bonds. The van der Waals surface area contributed by atoms with Crippen LogP contribution in [0.2, 0.25) is 6.82 Å². The minimum absolute atomic E-state index is 0.164. The van der Waals surface area contributed by atoms with Crippen molar-refractivity contribution >= 4 is 18.8 Å². The van der Waals surface area contributed by atoms with Gasteiger partial charge < -0.3 is 20.4 Å². The third-order valence-electron chi connectivity index (χ3n) is 2.53. The third-order valence-corrected chi connectivity index (χ3v) is 2.53. The summed E-state index contributed by atoms with van der Waals surface area (Å²) in [6, 6.07) is -0.332. The fourth-order valence-electron chi connectivity index (χ4n) is 1.80. The molecule has 1 aliphatic rings. The number of nitrogens with zero attached hydrogens (tertiary/aromatic N) is 2. The van der Waals surface area contributed by atoms with E-state index < -0.39 is 7.05 Å². The Morgan fingerprint density at radius 1 is 1.67 bits per heavy atom. The molecular formula is C8H16BN3O3. The Balaban J connectivity index is 2.59. The largest absolute Gasteiger partial charge is 0.437 e. The van der Waals surface area contributed by atoms with Crippen LogP contribution in [-0.2, 0) is 4.79 Å². The minimum atomic E-state index is -0.630. The number of oxime groups is 1. The van der Waals surface area contributed by atoms with Crippen molar-refractivity contribution < 1.29 is 15.0 Å². The first-order valence-electron chi connectivity index (χ1n) is 4.99. The molecule has 1 atom stereocenters. The zero-order valence-electron chi connectivity index (χ0n) is 8.97. The standard InChI is InChI=1S/C8H16BN3O3/c1-6(11-15)10-8(13)7-4-3-5-12(7)9(2)14/h7,14-15H,3-5H2,1-2H3,(H,10,11,13)/t7-/m0/s1. The highest BCUT2D eigenvalue weighted by atomic mass is 16.4. The summed E-state index contributed by atoms with van der Waals surface area (Å²) < 4.78 is 0. The molecule has 3 N–H and O–H groups in total. The summed E-state index contributed by atoms with van der Waals surface area (Å²) in [5.74, 6) is -0.0684. The number of amides is 1. The predicted molar refractivity (Wildman–Crippen MR) is 56.6 cm³/mol. The molecule has 1 heterocycles. The number of amidine groups is 1. The quantitative estimate of drug-likeness (QED) is 0.189. The molecule has 1 rings (SSSR count). The van der Waals surface area contributed by atoms with Gasteiger partial charge in [0.15, 0.2) is 0 Å². The zero-order chi connectivity index (χ0) is 11.4. The smallest absolute Gasteiger partial charge is 0.377 e. The minimum Gasteiger partial charge on any atom is -0.437 e. The summed E-state index contributed by atoms with van der Waals surface area (Å²) in [5, 5.41) is 23.2. The van der Waals surface area contributed by atoms with Gasteiger partial charge in [0, 0.05) is 0 Å². The second-order valence-electron chi connectivity index (χ2n) is 3.70. The molecule has 6 nitrogen and oxygen atoms in total. The van der Waals surface area contributed by atoms with E-state index in [2.05, 4.69) is 10.5 Å². The molecular weight excluding hydrogens is 197 g/mol. The molecule has 84 valence electrons. The molecule has 1 fully saturated rings. The van der Waals surface area contributed by atoms with Crippen LogP contribution in [0.25, 0.3) is 0 Å². The molecule has 7 heteroatoms. The van der Waals surface area contributed by atoms with Crippen LogP contribution in [0.5, 0.6) is 0 Å². The van der Waals surface area contributed by atoms with Gasteiger partial charge in [-0.3, -0.25) is 4.79 Å². The van der Waals surface area contributed by atoms with Crippen LogP contribution in [0, 0.1) is 0 Å². The Kier molecular flexibility index (Phi) is 4.10. The van der Waals surface area contributed by atoms with Gasteiger partial charge in [-0.05, 0) is 33.1 Å². The maximum atomic E-state index is 11.7. The predicted octanol–water partition coefficient (Wildman–Crippen LogP) is -0.515. The van der Waals surface area contributed by atoms with Crippen LogP contribution in [0.4, 0.5) is 0 Å². The Bertz CT molecular complexity index is 270. The van der Waals surface area contributed by atoms with Crippen molar-refractivity contribution in [2.75, 3.05) is 6.54 Å². The zero-order valence-corrected chi connectivity index (χ0v) is 8.97. The molecule has 0 aromatic carbocycles. The van der Waals surface area contributed by atoms with Crippen molar-refractivity contribution in [2.24, 2.45) is 5.16 Å². The van der Waals surface area contributed by atoms with E-state index in [1.165, 1.54) is 6.92 Å². The molecule has 0 radical (unpaired) electrons. The van der Waals surface area contributed by atoms with Crippen LogP contribution in [0.3, 0.4) is 0 Å². The molecule has 15 heavy (non-hydrogen) atoms. The monoisotopic (exact) mass is 213 g/mol. The van der Waals surface area contributed by atoms with Gasteiger partial charge in [-0.2, -0.15) is 0 Å². The Morgan fingerprint density at radius 3 is 2.87 bits per heavy atom. The maximum absolute atomic E-state index is 11.7. The van der Waals surface area contributed by atoms with E-state index in [9.17, 15) is 9.82 Å². The van der Waals surface area contributed by atoms with Crippen molar-refractivity contribution in [3.8, 4) is 0 Å². The lowest BCUT2D eigenvalue weighted by Crippen LogP contribution is -2.49. The van der Waals surface area contributed by atoms with Gasteiger partial charge in [0.05, 0.1) is 6.04 Å². The second-order valence-corrected chi connectivity index (χ2v) is 3.70. The first-order valence-corrected chi connectivity index (χ1v) is 4.99. The van der Waals surface area contributed by atoms with Crippen molar-refractivity contribution in [1.29, 1.82) is 0 Å². The van der Waals surface area contributed by atoms with Gasteiger partial charge in [-0.1, -0.05) is 5.16 Å². The van der Waals surface area contributed by atoms with Crippen LogP contribution >= 0.6 is 0 Å². The lowest BCUT2D eigenvalue weighted by atomic mass is 9.84. The van der Waals surface area contributed by atoms with E-state index in [1.54, 1.807) is 11.6 Å². The van der Waals surface area contributed by atoms with E-state index in [4.69, 9.17) is 5.21 Å². The van der Waals surface area contributed by atoms with Crippen molar-refractivity contribution in [3.63, 3.8) is 0 Å². The number of hydrogen-bond donors (Lipinski definition) is 3. The van der Waals surface area contributed by atoms with Gasteiger partial charge in [0.1, 0.15) is 5.84 Å². The van der Waals surface area contributed by atoms with Crippen LogP contribution in [0.15, 0.2) is 5.16 Å². The average molecular weight is 213 g/mol. The van der Waals surface area contributed by atoms with Crippen LogP contribution < -0.4 is 5.32 Å². The van der Waals surface area contributed by atoms with E-state index in [0.29, 0.717) is 6.54 Å². The molecule has 0 unspecified atom stereocenters. The summed E-state index contributed by atoms with van der Waals surface area (Å²) in [5.41, 5.74) is 0. The Hall–Kier alpha value is -1.08. The fraction of sp³-hybridized carbons (Fsp3) is 0.750. The van der Waals surface area contributed by atoms with Gasteiger partial charge in [-0.15, -0.1) is 0 Å². The highest BCUT2D eigenvalue weighted by Gasteiger charge is 2.34. The molecule has 1 saturated heterocycles. The SMILES string of the molecule is CB(O)N1CCC[C@H]1C(=O)N/C(C)=N/O. The third kappa shape index (κ3) is 2.94. The average Bonchev–Trinajstić information content (AvgIpc) is 2.65. The highest BCUT2D eigenvalue weighted by molar-refractivity contribution is 6.45. The molecule has 0 aromatic rings. The maximum Gasteiger partial charge on any atom is 0.377 e. The van der Waals surface area contributed by atoms with Gasteiger partial charge in [-0.25, -0.2) is 0 Å². The summed E-state index contributed by atoms with van der Waals surface area (Å²) in [6.07, 6.45) is 1.60. The van der Waals surface area contributed by atoms with Crippen LogP contribution in [0.1, 0.15) is 19.8 Å². The summed E-state index contributed by atoms with van der Waals surface area (Å²) in [6.45, 7) is 3.85. The number of carbonyl (C=O) groups excluding carboxylic acids is 1. The number of carbonyl (C=O) groups is 1.